The van der Waals surface area contributed by atoms with Crippen molar-refractivity contribution in [3.8, 4) is 0 Å². The molecule has 0 bridgehead atoms. The van der Waals surface area contributed by atoms with Crippen LogP contribution in [0.15, 0.2) is 0 Å². The molecule has 0 unspecified atom stereocenters. The second-order valence-electron chi connectivity index (χ2n) is 2.85. The molecule has 3 nitrogen and oxygen atoms in total. The number of thiophene rings is 1. The molecule has 2 aromatic rings. The van der Waals surface area contributed by atoms with E-state index in [1.807, 2.05) is 0 Å². The molecule has 0 aliphatic carbocycles. The molecule has 0 spiro atoms. The zero-order valence-corrected chi connectivity index (χ0v) is 7.97. The highest BCUT2D eigenvalue weighted by Crippen LogP contribution is 2.31. The summed E-state index contributed by atoms with van der Waals surface area (Å²) in [6.45, 7) is 2.08. The average molecular weight is 197 g/mol. The van der Waals surface area contributed by atoms with Crippen LogP contribution in [-0.2, 0) is 13.0 Å². The molecule has 3 heterocycles. The highest BCUT2D eigenvalue weighted by atomic mass is 32.1. The molecule has 0 aromatic carbocycles. The maximum absolute atomic E-state index is 4.31. The van der Waals surface area contributed by atoms with Gasteiger partial charge in [-0.15, -0.1) is 11.3 Å². The van der Waals surface area contributed by atoms with Crippen molar-refractivity contribution < 1.29 is 0 Å². The Morgan fingerprint density at radius 1 is 1.33 bits per heavy atom. The van der Waals surface area contributed by atoms with E-state index in [9.17, 15) is 0 Å². The van der Waals surface area contributed by atoms with Crippen LogP contribution < -0.4 is 5.32 Å². The van der Waals surface area contributed by atoms with Gasteiger partial charge in [0.15, 0.2) is 4.83 Å². The highest BCUT2D eigenvalue weighted by Gasteiger charge is 2.17. The lowest BCUT2D eigenvalue weighted by molar-refractivity contribution is 0.656. The van der Waals surface area contributed by atoms with Crippen LogP contribution in [-0.4, -0.2) is 15.3 Å². The fourth-order valence-corrected chi connectivity index (χ4v) is 3.34. The molecule has 1 aliphatic rings. The quantitative estimate of drug-likeness (QED) is 0.693. The first kappa shape index (κ1) is 6.94. The highest BCUT2D eigenvalue weighted by molar-refractivity contribution is 7.20. The summed E-state index contributed by atoms with van der Waals surface area (Å²) < 4.78 is 8.55. The third-order valence-electron chi connectivity index (χ3n) is 2.14. The van der Waals surface area contributed by atoms with Gasteiger partial charge in [0, 0.05) is 11.4 Å². The van der Waals surface area contributed by atoms with E-state index in [0.29, 0.717) is 0 Å². The van der Waals surface area contributed by atoms with Crippen molar-refractivity contribution in [3.05, 3.63) is 10.4 Å². The van der Waals surface area contributed by atoms with Gasteiger partial charge in [-0.1, -0.05) is 0 Å². The van der Waals surface area contributed by atoms with Crippen molar-refractivity contribution in [3.63, 3.8) is 0 Å². The first-order valence-electron chi connectivity index (χ1n) is 3.88. The molecule has 62 valence electrons. The summed E-state index contributed by atoms with van der Waals surface area (Å²) >= 11 is 3.10. The van der Waals surface area contributed by atoms with Crippen molar-refractivity contribution in [1.29, 1.82) is 0 Å². The van der Waals surface area contributed by atoms with Gasteiger partial charge in [0.1, 0.15) is 5.52 Å². The Hall–Kier alpha value is -0.520. The molecule has 2 aromatic heterocycles. The standard InChI is InChI=1S/C7H7N3S2/c1-2-8-3-5-4(1)6-7(11-5)10-12-9-6/h8H,1-3H2. The van der Waals surface area contributed by atoms with Crippen molar-refractivity contribution in [2.45, 2.75) is 13.0 Å². The zero-order chi connectivity index (χ0) is 7.97. The van der Waals surface area contributed by atoms with Gasteiger partial charge >= 0.3 is 0 Å². The largest absolute Gasteiger partial charge is 0.312 e. The third kappa shape index (κ3) is 0.840. The Balaban J connectivity index is 2.34. The molecule has 0 saturated heterocycles. The second-order valence-corrected chi connectivity index (χ2v) is 4.46. The predicted molar refractivity (Wildman–Crippen MR) is 50.7 cm³/mol. The first-order chi connectivity index (χ1) is 5.95. The van der Waals surface area contributed by atoms with Crippen LogP contribution in [0.4, 0.5) is 0 Å². The number of fused-ring (bicyclic) bond motifs is 3. The molecule has 1 N–H and O–H groups in total. The minimum atomic E-state index is 1.00. The van der Waals surface area contributed by atoms with Crippen LogP contribution in [0.5, 0.6) is 0 Å². The Bertz CT molecular complexity index is 417. The normalized spacial score (nSPS) is 16.7. The van der Waals surface area contributed by atoms with E-state index in [0.717, 1.165) is 29.9 Å². The van der Waals surface area contributed by atoms with Crippen molar-refractivity contribution in [2.75, 3.05) is 6.54 Å². The monoisotopic (exact) mass is 197 g/mol. The van der Waals surface area contributed by atoms with Crippen LogP contribution in [0.1, 0.15) is 10.4 Å². The molecular formula is C7H7N3S2. The van der Waals surface area contributed by atoms with Crippen LogP contribution in [0.25, 0.3) is 10.3 Å². The summed E-state index contributed by atoms with van der Waals surface area (Å²) in [5, 5.41) is 3.35. The number of rotatable bonds is 0. The summed E-state index contributed by atoms with van der Waals surface area (Å²) in [7, 11) is 0. The average Bonchev–Trinajstić information content (AvgIpc) is 2.62. The smallest absolute Gasteiger partial charge is 0.158 e. The Labute approximate surface area is 77.8 Å². The maximum Gasteiger partial charge on any atom is 0.158 e. The molecule has 0 atom stereocenters. The summed E-state index contributed by atoms with van der Waals surface area (Å²) in [6, 6.07) is 0. The first-order valence-corrected chi connectivity index (χ1v) is 5.43. The molecular weight excluding hydrogens is 190 g/mol. The Kier molecular flexibility index (Phi) is 1.44. The van der Waals surface area contributed by atoms with E-state index in [-0.39, 0.29) is 0 Å². The Morgan fingerprint density at radius 3 is 3.33 bits per heavy atom. The molecule has 0 amide bonds. The minimum Gasteiger partial charge on any atom is -0.312 e. The zero-order valence-electron chi connectivity index (χ0n) is 6.33. The fourth-order valence-electron chi connectivity index (χ4n) is 1.56. The predicted octanol–water partition coefficient (Wildman–Crippen LogP) is 1.40. The van der Waals surface area contributed by atoms with Crippen molar-refractivity contribution in [2.24, 2.45) is 0 Å². The third-order valence-corrected chi connectivity index (χ3v) is 3.90. The summed E-state index contributed by atoms with van der Waals surface area (Å²) in [5.74, 6) is 0. The topological polar surface area (TPSA) is 37.8 Å². The lowest BCUT2D eigenvalue weighted by Crippen LogP contribution is -2.21. The Morgan fingerprint density at radius 2 is 2.33 bits per heavy atom. The van der Waals surface area contributed by atoms with Gasteiger partial charge in [0.05, 0.1) is 11.7 Å². The van der Waals surface area contributed by atoms with E-state index in [4.69, 9.17) is 0 Å². The van der Waals surface area contributed by atoms with Crippen molar-refractivity contribution >= 4 is 33.4 Å². The maximum atomic E-state index is 4.31. The number of hydrogen-bond donors (Lipinski definition) is 1. The van der Waals surface area contributed by atoms with Crippen LogP contribution >= 0.6 is 23.1 Å². The number of hydrogen-bond acceptors (Lipinski definition) is 5. The van der Waals surface area contributed by atoms with E-state index >= 15 is 0 Å². The van der Waals surface area contributed by atoms with Crippen LogP contribution in [0.2, 0.25) is 0 Å². The van der Waals surface area contributed by atoms with E-state index < -0.39 is 0 Å². The summed E-state index contributed by atoms with van der Waals surface area (Å²) in [5.41, 5.74) is 2.59. The second kappa shape index (κ2) is 2.48. The lowest BCUT2D eigenvalue weighted by Gasteiger charge is -2.11. The van der Waals surface area contributed by atoms with E-state index in [1.54, 1.807) is 11.3 Å². The lowest BCUT2D eigenvalue weighted by atomic mass is 10.1. The van der Waals surface area contributed by atoms with E-state index in [1.165, 1.54) is 22.2 Å². The van der Waals surface area contributed by atoms with Gasteiger partial charge in [0.2, 0.25) is 0 Å². The van der Waals surface area contributed by atoms with Crippen LogP contribution in [0, 0.1) is 0 Å². The van der Waals surface area contributed by atoms with Gasteiger partial charge < -0.3 is 5.32 Å². The van der Waals surface area contributed by atoms with E-state index in [2.05, 4.69) is 14.1 Å². The van der Waals surface area contributed by atoms with Gasteiger partial charge in [-0.2, -0.15) is 8.75 Å². The summed E-state index contributed by atoms with van der Waals surface area (Å²) in [4.78, 5) is 2.55. The van der Waals surface area contributed by atoms with Gasteiger partial charge in [-0.05, 0) is 18.5 Å². The molecule has 0 saturated carbocycles. The molecule has 1 aliphatic heterocycles. The van der Waals surface area contributed by atoms with Crippen LogP contribution in [0.3, 0.4) is 0 Å². The minimum absolute atomic E-state index is 1.00. The number of aromatic nitrogens is 2. The fraction of sp³-hybridized carbons (Fsp3) is 0.429. The molecule has 0 radical (unpaired) electrons. The van der Waals surface area contributed by atoms with Gasteiger partial charge in [-0.3, -0.25) is 0 Å². The molecule has 3 rings (SSSR count). The number of nitrogens with zero attached hydrogens (tertiary/aromatic N) is 2. The van der Waals surface area contributed by atoms with Gasteiger partial charge in [-0.25, -0.2) is 0 Å². The summed E-state index contributed by atoms with van der Waals surface area (Å²) in [6.07, 6.45) is 1.11. The van der Waals surface area contributed by atoms with Crippen molar-refractivity contribution in [1.82, 2.24) is 14.1 Å². The molecule has 12 heavy (non-hydrogen) atoms. The number of nitrogens with one attached hydrogen (secondary N) is 1. The molecule has 0 fully saturated rings. The van der Waals surface area contributed by atoms with Gasteiger partial charge in [0.25, 0.3) is 0 Å². The molecule has 5 heteroatoms. The SMILES string of the molecule is C1Cc2c(sc3nsnc23)CN1.